The molecule has 4 N–H and O–H groups in total. The van der Waals surface area contributed by atoms with E-state index >= 15 is 0 Å². The Morgan fingerprint density at radius 2 is 2.00 bits per heavy atom. The van der Waals surface area contributed by atoms with Crippen LogP contribution in [0.4, 0.5) is 0 Å². The number of thiophene rings is 1. The van der Waals surface area contributed by atoms with Gasteiger partial charge in [-0.1, -0.05) is 23.7 Å². The Bertz CT molecular complexity index is 667. The first-order valence-electron chi connectivity index (χ1n) is 7.23. The summed E-state index contributed by atoms with van der Waals surface area (Å²) < 4.78 is 0. The third-order valence-corrected chi connectivity index (χ3v) is 5.25. The van der Waals surface area contributed by atoms with Crippen LogP contribution in [-0.4, -0.2) is 23.9 Å². The van der Waals surface area contributed by atoms with Crippen molar-refractivity contribution in [1.82, 2.24) is 4.90 Å². The van der Waals surface area contributed by atoms with Crippen LogP contribution in [0.3, 0.4) is 0 Å². The smallest absolute Gasteiger partial charge is 0.185 e. The maximum atomic E-state index is 6.00. The lowest BCUT2D eigenvalue weighted by Crippen LogP contribution is -2.36. The summed E-state index contributed by atoms with van der Waals surface area (Å²) in [6.07, 6.45) is 1.08. The molecule has 0 fully saturated rings. The SMILES string of the molecule is I.NC(N)=NCC(c1ccc(Cl)cc1)N1CCc2sccc2C1. The number of rotatable bonds is 4. The minimum absolute atomic E-state index is 0. The third kappa shape index (κ3) is 4.59. The molecule has 1 aromatic carbocycles. The molecule has 2 aromatic rings. The lowest BCUT2D eigenvalue weighted by atomic mass is 10.0. The molecule has 23 heavy (non-hydrogen) atoms. The summed E-state index contributed by atoms with van der Waals surface area (Å²) in [6, 6.07) is 10.3. The number of nitrogens with zero attached hydrogens (tertiary/aromatic N) is 2. The molecule has 3 rings (SSSR count). The zero-order valence-electron chi connectivity index (χ0n) is 12.6. The van der Waals surface area contributed by atoms with E-state index in [-0.39, 0.29) is 36.0 Å². The van der Waals surface area contributed by atoms with E-state index in [4.69, 9.17) is 23.1 Å². The number of guanidine groups is 1. The van der Waals surface area contributed by atoms with Crippen LogP contribution in [0, 0.1) is 0 Å². The third-order valence-electron chi connectivity index (χ3n) is 3.98. The van der Waals surface area contributed by atoms with E-state index in [1.165, 1.54) is 16.0 Å². The van der Waals surface area contributed by atoms with E-state index < -0.39 is 0 Å². The minimum Gasteiger partial charge on any atom is -0.370 e. The van der Waals surface area contributed by atoms with Gasteiger partial charge < -0.3 is 11.5 Å². The summed E-state index contributed by atoms with van der Waals surface area (Å²) >= 11 is 7.85. The van der Waals surface area contributed by atoms with Crippen molar-refractivity contribution >= 4 is 52.9 Å². The van der Waals surface area contributed by atoms with E-state index in [1.807, 2.05) is 23.5 Å². The first kappa shape index (κ1) is 18.5. The van der Waals surface area contributed by atoms with Gasteiger partial charge in [0.2, 0.25) is 0 Å². The van der Waals surface area contributed by atoms with E-state index in [0.717, 1.165) is 24.5 Å². The highest BCUT2D eigenvalue weighted by molar-refractivity contribution is 14.0. The Morgan fingerprint density at radius 1 is 1.26 bits per heavy atom. The van der Waals surface area contributed by atoms with Crippen molar-refractivity contribution in [3.63, 3.8) is 0 Å². The minimum atomic E-state index is 0. The molecule has 4 nitrogen and oxygen atoms in total. The first-order chi connectivity index (χ1) is 10.6. The molecule has 0 radical (unpaired) electrons. The first-order valence-corrected chi connectivity index (χ1v) is 8.49. The summed E-state index contributed by atoms with van der Waals surface area (Å²) in [5, 5.41) is 2.91. The number of benzene rings is 1. The number of halogens is 2. The summed E-state index contributed by atoms with van der Waals surface area (Å²) in [4.78, 5) is 8.17. The zero-order chi connectivity index (χ0) is 15.5. The second-order valence-corrected chi connectivity index (χ2v) is 6.86. The number of nitrogens with two attached hydrogens (primary N) is 2. The number of hydrogen-bond donors (Lipinski definition) is 2. The molecule has 0 amide bonds. The highest BCUT2D eigenvalue weighted by atomic mass is 127. The molecular formula is C16H20ClIN4S. The van der Waals surface area contributed by atoms with E-state index in [1.54, 1.807) is 0 Å². The molecule has 1 unspecified atom stereocenters. The fraction of sp³-hybridized carbons (Fsp3) is 0.312. The Labute approximate surface area is 162 Å². The van der Waals surface area contributed by atoms with Crippen molar-refractivity contribution in [2.24, 2.45) is 16.5 Å². The number of fused-ring (bicyclic) bond motifs is 1. The molecule has 7 heteroatoms. The lowest BCUT2D eigenvalue weighted by molar-refractivity contribution is 0.185. The van der Waals surface area contributed by atoms with E-state index in [9.17, 15) is 0 Å². The van der Waals surface area contributed by atoms with Gasteiger partial charge in [-0.3, -0.25) is 9.89 Å². The van der Waals surface area contributed by atoms with Gasteiger partial charge >= 0.3 is 0 Å². The average molecular weight is 463 g/mol. The summed E-state index contributed by atoms with van der Waals surface area (Å²) in [5.74, 6) is 0.132. The summed E-state index contributed by atoms with van der Waals surface area (Å²) in [5.41, 5.74) is 13.6. The Hall–Kier alpha value is -0.830. The van der Waals surface area contributed by atoms with Gasteiger partial charge in [0.05, 0.1) is 12.6 Å². The fourth-order valence-electron chi connectivity index (χ4n) is 2.84. The highest BCUT2D eigenvalue weighted by Crippen LogP contribution is 2.31. The Kier molecular flexibility index (Phi) is 6.70. The number of hydrogen-bond acceptors (Lipinski definition) is 3. The van der Waals surface area contributed by atoms with Crippen molar-refractivity contribution < 1.29 is 0 Å². The van der Waals surface area contributed by atoms with Gasteiger partial charge in [-0.2, -0.15) is 0 Å². The molecule has 1 atom stereocenters. The maximum Gasteiger partial charge on any atom is 0.185 e. The van der Waals surface area contributed by atoms with Crippen molar-refractivity contribution in [3.8, 4) is 0 Å². The molecule has 0 saturated heterocycles. The monoisotopic (exact) mass is 462 g/mol. The van der Waals surface area contributed by atoms with E-state index in [0.29, 0.717) is 6.54 Å². The van der Waals surface area contributed by atoms with Crippen LogP contribution in [0.5, 0.6) is 0 Å². The van der Waals surface area contributed by atoms with Crippen LogP contribution >= 0.6 is 46.9 Å². The van der Waals surface area contributed by atoms with Gasteiger partial charge in [-0.05, 0) is 41.1 Å². The van der Waals surface area contributed by atoms with Crippen LogP contribution in [0.25, 0.3) is 0 Å². The van der Waals surface area contributed by atoms with Crippen molar-refractivity contribution in [2.75, 3.05) is 13.1 Å². The second-order valence-electron chi connectivity index (χ2n) is 5.42. The van der Waals surface area contributed by atoms with Crippen LogP contribution in [0.1, 0.15) is 22.0 Å². The fourth-order valence-corrected chi connectivity index (χ4v) is 3.86. The van der Waals surface area contributed by atoms with Gasteiger partial charge in [0.15, 0.2) is 5.96 Å². The molecule has 1 aliphatic heterocycles. The van der Waals surface area contributed by atoms with Crippen molar-refractivity contribution in [3.05, 3.63) is 56.7 Å². The zero-order valence-corrected chi connectivity index (χ0v) is 16.5. The standard InChI is InChI=1S/C16H19ClN4S.HI/c17-13-3-1-11(2-4-13)14(9-20-16(18)19)21-7-5-15-12(10-21)6-8-22-15;/h1-4,6,8,14H,5,7,9-10H2,(H4,18,19,20);1H. The lowest BCUT2D eigenvalue weighted by Gasteiger charge is -2.34. The largest absolute Gasteiger partial charge is 0.370 e. The normalized spacial score (nSPS) is 15.3. The molecule has 0 aliphatic carbocycles. The van der Waals surface area contributed by atoms with Crippen molar-refractivity contribution in [2.45, 2.75) is 19.0 Å². The van der Waals surface area contributed by atoms with Gasteiger partial charge in [0.1, 0.15) is 0 Å². The quantitative estimate of drug-likeness (QED) is 0.416. The average Bonchev–Trinajstić information content (AvgIpc) is 2.96. The molecule has 0 bridgehead atoms. The van der Waals surface area contributed by atoms with Crippen molar-refractivity contribution in [1.29, 1.82) is 0 Å². The Balaban J connectivity index is 0.00000192. The summed E-state index contributed by atoms with van der Waals surface area (Å²) in [7, 11) is 0. The molecule has 1 aromatic heterocycles. The second kappa shape index (κ2) is 8.32. The van der Waals surface area contributed by atoms with Gasteiger partial charge in [-0.25, -0.2) is 0 Å². The molecule has 2 heterocycles. The predicted octanol–water partition coefficient (Wildman–Crippen LogP) is 3.39. The van der Waals surface area contributed by atoms with Crippen LogP contribution < -0.4 is 11.5 Å². The van der Waals surface area contributed by atoms with Gasteiger partial charge in [-0.15, -0.1) is 35.3 Å². The highest BCUT2D eigenvalue weighted by Gasteiger charge is 2.25. The molecular weight excluding hydrogens is 443 g/mol. The molecule has 124 valence electrons. The number of aliphatic imine (C=N–C) groups is 1. The topological polar surface area (TPSA) is 67.6 Å². The van der Waals surface area contributed by atoms with Gasteiger partial charge in [0.25, 0.3) is 0 Å². The molecule has 1 aliphatic rings. The van der Waals surface area contributed by atoms with Crippen LogP contribution in [-0.2, 0) is 13.0 Å². The Morgan fingerprint density at radius 3 is 2.70 bits per heavy atom. The molecule has 0 spiro atoms. The van der Waals surface area contributed by atoms with Crippen LogP contribution in [0.15, 0.2) is 40.7 Å². The van der Waals surface area contributed by atoms with E-state index in [2.05, 4.69) is 33.5 Å². The molecule has 0 saturated carbocycles. The van der Waals surface area contributed by atoms with Gasteiger partial charge in [0, 0.05) is 23.0 Å². The maximum absolute atomic E-state index is 6.00. The van der Waals surface area contributed by atoms with Crippen LogP contribution in [0.2, 0.25) is 5.02 Å². The summed E-state index contributed by atoms with van der Waals surface area (Å²) in [6.45, 7) is 2.51. The predicted molar refractivity (Wildman–Crippen MR) is 109 cm³/mol.